The number of rotatable bonds is 11. The average Bonchev–Trinajstić information content (AvgIpc) is 3.27. The molecule has 9 heteroatoms. The zero-order chi connectivity index (χ0) is 27.7. The Kier molecular flexibility index (Phi) is 8.18. The monoisotopic (exact) mass is 540 g/mol. The zero-order valence-electron chi connectivity index (χ0n) is 22.6. The number of halogens is 2. The van der Waals surface area contributed by atoms with Crippen LogP contribution in [0.4, 0.5) is 8.78 Å². The first kappa shape index (κ1) is 28.1. The number of hydrogen-bond acceptors (Lipinski definition) is 7. The summed E-state index contributed by atoms with van der Waals surface area (Å²) in [5.41, 5.74) is 0.979. The first-order chi connectivity index (χ1) is 17.9. The molecule has 0 aliphatic carbocycles. The molecule has 1 aliphatic rings. The molecule has 0 saturated carbocycles. The van der Waals surface area contributed by atoms with Crippen LogP contribution in [0.1, 0.15) is 68.1 Å². The molecule has 0 radical (unpaired) electrons. The summed E-state index contributed by atoms with van der Waals surface area (Å²) in [6.07, 6.45) is 0.786. The standard InChI is InChI=1S/C29H34F2N4O2S/c1-18(2)15-35-16-29(17-35,13-21(36)12-28(4,5)25-8-6-7-19(3)32-25)14-24(37)27-34-33-26(38-27)22-10-9-20(30)11-23(22)31/h6-11,18H,12-17H2,1-5H3. The molecule has 1 aliphatic heterocycles. The van der Waals surface area contributed by atoms with E-state index in [0.29, 0.717) is 31.8 Å². The Labute approximate surface area is 226 Å². The molecular formula is C29H34F2N4O2S. The molecule has 202 valence electrons. The van der Waals surface area contributed by atoms with Gasteiger partial charge in [0.25, 0.3) is 0 Å². The first-order valence-corrected chi connectivity index (χ1v) is 13.7. The van der Waals surface area contributed by atoms with Crippen molar-refractivity contribution in [2.24, 2.45) is 11.3 Å². The SMILES string of the molecule is Cc1cccc(C(C)(C)CC(=O)CC2(CC(=O)c3nnc(-c4ccc(F)cc4F)s3)CN(CC(C)C)C2)n1. The Balaban J connectivity index is 1.49. The maximum atomic E-state index is 14.2. The van der Waals surface area contributed by atoms with Crippen LogP contribution in [-0.2, 0) is 10.2 Å². The molecule has 0 amide bonds. The number of nitrogens with zero attached hydrogens (tertiary/aromatic N) is 4. The summed E-state index contributed by atoms with van der Waals surface area (Å²) in [5.74, 6) is -1.08. The van der Waals surface area contributed by atoms with Gasteiger partial charge in [0.1, 0.15) is 17.4 Å². The fourth-order valence-corrected chi connectivity index (χ4v) is 6.15. The van der Waals surface area contributed by atoms with E-state index in [9.17, 15) is 18.4 Å². The number of aryl methyl sites for hydroxylation is 1. The van der Waals surface area contributed by atoms with E-state index in [4.69, 9.17) is 0 Å². The van der Waals surface area contributed by atoms with Crippen LogP contribution in [0.15, 0.2) is 36.4 Å². The highest BCUT2D eigenvalue weighted by Crippen LogP contribution is 2.41. The highest BCUT2D eigenvalue weighted by molar-refractivity contribution is 7.16. The second-order valence-corrected chi connectivity index (χ2v) is 12.6. The number of aromatic nitrogens is 3. The lowest BCUT2D eigenvalue weighted by atomic mass is 9.69. The van der Waals surface area contributed by atoms with E-state index in [-0.39, 0.29) is 33.6 Å². The predicted molar refractivity (Wildman–Crippen MR) is 144 cm³/mol. The minimum atomic E-state index is -0.753. The van der Waals surface area contributed by atoms with Crippen LogP contribution in [-0.4, -0.2) is 51.3 Å². The zero-order valence-corrected chi connectivity index (χ0v) is 23.4. The van der Waals surface area contributed by atoms with Crippen molar-refractivity contribution in [3.63, 3.8) is 0 Å². The van der Waals surface area contributed by atoms with Gasteiger partial charge in [-0.05, 0) is 37.1 Å². The summed E-state index contributed by atoms with van der Waals surface area (Å²) < 4.78 is 27.5. The fourth-order valence-electron chi connectivity index (χ4n) is 5.34. The van der Waals surface area contributed by atoms with Gasteiger partial charge in [-0.1, -0.05) is 45.1 Å². The number of carbonyl (C=O) groups is 2. The summed E-state index contributed by atoms with van der Waals surface area (Å²) in [7, 11) is 0. The normalized spacial score (nSPS) is 15.5. The third kappa shape index (κ3) is 6.56. The number of benzene rings is 1. The van der Waals surface area contributed by atoms with Crippen LogP contribution in [0.3, 0.4) is 0 Å². The van der Waals surface area contributed by atoms with Crippen LogP contribution >= 0.6 is 11.3 Å². The number of carbonyl (C=O) groups excluding carboxylic acids is 2. The van der Waals surface area contributed by atoms with Crippen molar-refractivity contribution >= 4 is 22.9 Å². The van der Waals surface area contributed by atoms with Gasteiger partial charge in [-0.2, -0.15) is 0 Å². The van der Waals surface area contributed by atoms with Crippen molar-refractivity contribution in [2.45, 2.75) is 59.3 Å². The summed E-state index contributed by atoms with van der Waals surface area (Å²) in [6, 6.07) is 9.05. The summed E-state index contributed by atoms with van der Waals surface area (Å²) in [5, 5.41) is 8.37. The quantitative estimate of drug-likeness (QED) is 0.276. The molecule has 4 rings (SSSR count). The van der Waals surface area contributed by atoms with E-state index in [1.807, 2.05) is 39.0 Å². The minimum absolute atomic E-state index is 0.0987. The van der Waals surface area contributed by atoms with Crippen LogP contribution in [0.2, 0.25) is 0 Å². The van der Waals surface area contributed by atoms with Crippen molar-refractivity contribution in [3.8, 4) is 10.6 Å². The average molecular weight is 541 g/mol. The van der Waals surface area contributed by atoms with Crippen molar-refractivity contribution in [3.05, 3.63) is 64.4 Å². The molecule has 1 saturated heterocycles. The predicted octanol–water partition coefficient (Wildman–Crippen LogP) is 6.04. The van der Waals surface area contributed by atoms with Gasteiger partial charge in [0.2, 0.25) is 0 Å². The third-order valence-corrected chi connectivity index (χ3v) is 7.89. The van der Waals surface area contributed by atoms with Crippen molar-refractivity contribution in [2.75, 3.05) is 19.6 Å². The summed E-state index contributed by atoms with van der Waals surface area (Å²) in [4.78, 5) is 33.6. The molecular weight excluding hydrogens is 506 g/mol. The van der Waals surface area contributed by atoms with Gasteiger partial charge in [-0.3, -0.25) is 14.6 Å². The molecule has 1 fully saturated rings. The molecule has 1 aromatic carbocycles. The number of pyridine rings is 1. The van der Waals surface area contributed by atoms with Crippen molar-refractivity contribution in [1.82, 2.24) is 20.1 Å². The summed E-state index contributed by atoms with van der Waals surface area (Å²) >= 11 is 0.987. The molecule has 0 N–H and O–H groups in total. The number of ketones is 2. The maximum Gasteiger partial charge on any atom is 0.194 e. The Morgan fingerprint density at radius 3 is 2.50 bits per heavy atom. The fraction of sp³-hybridized carbons (Fsp3) is 0.483. The van der Waals surface area contributed by atoms with Crippen molar-refractivity contribution in [1.29, 1.82) is 0 Å². The Bertz CT molecular complexity index is 1330. The molecule has 2 aromatic heterocycles. The van der Waals surface area contributed by atoms with Gasteiger partial charge in [0, 0.05) is 72.7 Å². The molecule has 38 heavy (non-hydrogen) atoms. The lowest BCUT2D eigenvalue weighted by Gasteiger charge is -2.50. The van der Waals surface area contributed by atoms with E-state index < -0.39 is 22.5 Å². The van der Waals surface area contributed by atoms with E-state index in [1.165, 1.54) is 6.07 Å². The maximum absolute atomic E-state index is 14.2. The van der Waals surface area contributed by atoms with Crippen LogP contribution in [0.25, 0.3) is 10.6 Å². The highest BCUT2D eigenvalue weighted by atomic mass is 32.1. The molecule has 3 aromatic rings. The number of likely N-dealkylation sites (tertiary alicyclic amines) is 1. The highest BCUT2D eigenvalue weighted by Gasteiger charge is 2.46. The molecule has 0 atom stereocenters. The Morgan fingerprint density at radius 1 is 1.11 bits per heavy atom. The molecule has 0 spiro atoms. The van der Waals surface area contributed by atoms with E-state index in [2.05, 4.69) is 33.9 Å². The number of Topliss-reactive ketones (excluding diaryl/α,β-unsaturated/α-hetero) is 2. The topological polar surface area (TPSA) is 76.1 Å². The van der Waals surface area contributed by atoms with Crippen molar-refractivity contribution < 1.29 is 18.4 Å². The second-order valence-electron chi connectivity index (χ2n) is 11.6. The largest absolute Gasteiger partial charge is 0.302 e. The Morgan fingerprint density at radius 2 is 1.84 bits per heavy atom. The Hall–Kier alpha value is -2.91. The van der Waals surface area contributed by atoms with Gasteiger partial charge in [-0.25, -0.2) is 8.78 Å². The van der Waals surface area contributed by atoms with Crippen LogP contribution in [0, 0.1) is 29.9 Å². The van der Waals surface area contributed by atoms with Gasteiger partial charge < -0.3 is 4.90 Å². The lowest BCUT2D eigenvalue weighted by molar-refractivity contribution is -0.126. The lowest BCUT2D eigenvalue weighted by Crippen LogP contribution is -2.58. The van der Waals surface area contributed by atoms with E-state index >= 15 is 0 Å². The summed E-state index contributed by atoms with van der Waals surface area (Å²) in [6.45, 7) is 12.5. The van der Waals surface area contributed by atoms with Gasteiger partial charge >= 0.3 is 0 Å². The molecule has 0 bridgehead atoms. The van der Waals surface area contributed by atoms with Gasteiger partial charge in [0.05, 0.1) is 0 Å². The van der Waals surface area contributed by atoms with Gasteiger partial charge in [-0.15, -0.1) is 10.2 Å². The van der Waals surface area contributed by atoms with Crippen LogP contribution < -0.4 is 0 Å². The third-order valence-electron chi connectivity index (χ3n) is 6.90. The first-order valence-electron chi connectivity index (χ1n) is 12.9. The molecule has 6 nitrogen and oxygen atoms in total. The minimum Gasteiger partial charge on any atom is -0.302 e. The smallest absolute Gasteiger partial charge is 0.194 e. The second kappa shape index (κ2) is 11.1. The van der Waals surface area contributed by atoms with E-state index in [1.54, 1.807) is 0 Å². The molecule has 3 heterocycles. The van der Waals surface area contributed by atoms with E-state index in [0.717, 1.165) is 41.4 Å². The number of hydrogen-bond donors (Lipinski definition) is 0. The molecule has 0 unspecified atom stereocenters. The van der Waals surface area contributed by atoms with Crippen LogP contribution in [0.5, 0.6) is 0 Å². The van der Waals surface area contributed by atoms with Gasteiger partial charge in [0.15, 0.2) is 15.8 Å².